The van der Waals surface area contributed by atoms with E-state index in [4.69, 9.17) is 4.74 Å². The fourth-order valence-corrected chi connectivity index (χ4v) is 3.76. The summed E-state index contributed by atoms with van der Waals surface area (Å²) in [5, 5.41) is 3.54. The van der Waals surface area contributed by atoms with Gasteiger partial charge in [-0.05, 0) is 31.4 Å². The molecule has 2 aliphatic rings. The van der Waals surface area contributed by atoms with E-state index in [1.165, 1.54) is 12.1 Å². The Morgan fingerprint density at radius 2 is 1.85 bits per heavy atom. The molecule has 0 bridgehead atoms. The van der Waals surface area contributed by atoms with Gasteiger partial charge in [-0.2, -0.15) is 0 Å². The van der Waals surface area contributed by atoms with Crippen molar-refractivity contribution < 1.29 is 9.53 Å². The third-order valence-electron chi connectivity index (χ3n) is 5.27. The molecule has 1 N–H and O–H groups in total. The third-order valence-corrected chi connectivity index (χ3v) is 5.27. The lowest BCUT2D eigenvalue weighted by atomic mass is 10.1. The molecule has 2 aliphatic heterocycles. The first-order valence-corrected chi connectivity index (χ1v) is 9.88. The van der Waals surface area contributed by atoms with E-state index < -0.39 is 0 Å². The average Bonchev–Trinajstić information content (AvgIpc) is 3.19. The summed E-state index contributed by atoms with van der Waals surface area (Å²) in [6.45, 7) is 8.26. The van der Waals surface area contributed by atoms with Crippen molar-refractivity contribution in [1.82, 2.24) is 15.1 Å². The van der Waals surface area contributed by atoms with Crippen LogP contribution in [0.3, 0.4) is 0 Å². The van der Waals surface area contributed by atoms with E-state index in [0.29, 0.717) is 25.6 Å². The van der Waals surface area contributed by atoms with E-state index in [2.05, 4.69) is 50.4 Å². The van der Waals surface area contributed by atoms with E-state index in [1.807, 2.05) is 14.0 Å². The van der Waals surface area contributed by atoms with Crippen LogP contribution < -0.4 is 10.2 Å². The average molecular weight is 374 g/mol. The maximum absolute atomic E-state index is 11.8. The van der Waals surface area contributed by atoms with Crippen molar-refractivity contribution in [2.24, 2.45) is 10.9 Å². The standard InChI is InChI=1S/C20H31N5O2/c1-3-27-20(26)24-13-11-23(12-14-24)19(21-2)22-15-17-9-10-25(16-17)18-7-5-4-6-8-18/h4-8,17H,3,9-16H2,1-2H3,(H,21,22). The lowest BCUT2D eigenvalue weighted by Crippen LogP contribution is -2.54. The van der Waals surface area contributed by atoms with Gasteiger partial charge in [0, 0.05) is 58.5 Å². The van der Waals surface area contributed by atoms with Crippen LogP contribution in [-0.2, 0) is 4.74 Å². The smallest absolute Gasteiger partial charge is 0.409 e. The van der Waals surface area contributed by atoms with Crippen LogP contribution in [0, 0.1) is 5.92 Å². The van der Waals surface area contributed by atoms with Gasteiger partial charge >= 0.3 is 6.09 Å². The molecule has 7 nitrogen and oxygen atoms in total. The van der Waals surface area contributed by atoms with E-state index in [-0.39, 0.29) is 6.09 Å². The lowest BCUT2D eigenvalue weighted by molar-refractivity contribution is 0.0914. The number of nitrogens with one attached hydrogen (secondary N) is 1. The number of rotatable bonds is 4. The Balaban J connectivity index is 1.43. The first-order valence-electron chi connectivity index (χ1n) is 9.88. The molecule has 2 fully saturated rings. The van der Waals surface area contributed by atoms with Crippen molar-refractivity contribution in [2.75, 3.05) is 64.4 Å². The molecule has 3 rings (SSSR count). The van der Waals surface area contributed by atoms with Crippen LogP contribution in [0.5, 0.6) is 0 Å². The van der Waals surface area contributed by atoms with E-state index in [1.54, 1.807) is 4.90 Å². The Hall–Kier alpha value is -2.44. The lowest BCUT2D eigenvalue weighted by Gasteiger charge is -2.36. The van der Waals surface area contributed by atoms with E-state index >= 15 is 0 Å². The summed E-state index contributed by atoms with van der Waals surface area (Å²) in [5.74, 6) is 1.54. The van der Waals surface area contributed by atoms with Crippen LogP contribution in [-0.4, -0.2) is 81.3 Å². The number of ether oxygens (including phenoxy) is 1. The summed E-state index contributed by atoms with van der Waals surface area (Å²) in [4.78, 5) is 22.7. The number of hydrogen-bond acceptors (Lipinski definition) is 4. The number of nitrogens with zero attached hydrogens (tertiary/aromatic N) is 4. The number of aliphatic imine (C=N–C) groups is 1. The quantitative estimate of drug-likeness (QED) is 0.645. The largest absolute Gasteiger partial charge is 0.450 e. The van der Waals surface area contributed by atoms with Crippen molar-refractivity contribution in [3.63, 3.8) is 0 Å². The summed E-state index contributed by atoms with van der Waals surface area (Å²) in [6.07, 6.45) is 0.974. The normalized spacial score (nSPS) is 20.7. The number of anilines is 1. The number of guanidine groups is 1. The van der Waals surface area contributed by atoms with Gasteiger partial charge in [-0.25, -0.2) is 4.79 Å². The third kappa shape index (κ3) is 5.05. The van der Waals surface area contributed by atoms with Crippen LogP contribution in [0.25, 0.3) is 0 Å². The fraction of sp³-hybridized carbons (Fsp3) is 0.600. The van der Waals surface area contributed by atoms with Crippen molar-refractivity contribution in [3.8, 4) is 0 Å². The number of benzene rings is 1. The van der Waals surface area contributed by atoms with Gasteiger partial charge in [-0.1, -0.05) is 18.2 Å². The van der Waals surface area contributed by atoms with E-state index in [0.717, 1.165) is 38.7 Å². The second kappa shape index (κ2) is 9.48. The molecule has 0 aliphatic carbocycles. The van der Waals surface area contributed by atoms with Gasteiger partial charge in [-0.3, -0.25) is 4.99 Å². The summed E-state index contributed by atoms with van der Waals surface area (Å²) in [6, 6.07) is 10.6. The van der Waals surface area contributed by atoms with Gasteiger partial charge < -0.3 is 24.8 Å². The zero-order valence-electron chi connectivity index (χ0n) is 16.4. The van der Waals surface area contributed by atoms with Crippen molar-refractivity contribution in [2.45, 2.75) is 13.3 Å². The molecule has 148 valence electrons. The zero-order chi connectivity index (χ0) is 19.1. The Morgan fingerprint density at radius 1 is 1.15 bits per heavy atom. The second-order valence-corrected chi connectivity index (χ2v) is 7.04. The first kappa shape index (κ1) is 19.3. The molecule has 1 amide bonds. The minimum atomic E-state index is -0.216. The molecule has 0 aromatic heterocycles. The molecule has 7 heteroatoms. The molecule has 0 saturated carbocycles. The summed E-state index contributed by atoms with van der Waals surface area (Å²) >= 11 is 0. The summed E-state index contributed by atoms with van der Waals surface area (Å²) < 4.78 is 5.08. The van der Waals surface area contributed by atoms with Crippen LogP contribution in [0.15, 0.2) is 35.3 Å². The first-order chi connectivity index (χ1) is 13.2. The molecular formula is C20H31N5O2. The second-order valence-electron chi connectivity index (χ2n) is 7.04. The Labute approximate surface area is 162 Å². The Morgan fingerprint density at radius 3 is 2.52 bits per heavy atom. The van der Waals surface area contributed by atoms with Gasteiger partial charge in [0.1, 0.15) is 0 Å². The summed E-state index contributed by atoms with van der Waals surface area (Å²) in [7, 11) is 1.82. The highest BCUT2D eigenvalue weighted by Crippen LogP contribution is 2.23. The van der Waals surface area contributed by atoms with Crippen molar-refractivity contribution in [1.29, 1.82) is 0 Å². The number of para-hydroxylation sites is 1. The molecule has 0 radical (unpaired) electrons. The number of piperazine rings is 1. The van der Waals surface area contributed by atoms with Crippen LogP contribution in [0.4, 0.5) is 10.5 Å². The van der Waals surface area contributed by atoms with Crippen molar-refractivity contribution >= 4 is 17.7 Å². The SMILES string of the molecule is CCOC(=O)N1CCN(C(=NC)NCC2CCN(c3ccccc3)C2)CC1. The highest BCUT2D eigenvalue weighted by atomic mass is 16.6. The highest BCUT2D eigenvalue weighted by Gasteiger charge is 2.26. The van der Waals surface area contributed by atoms with Crippen molar-refractivity contribution in [3.05, 3.63) is 30.3 Å². The van der Waals surface area contributed by atoms with Gasteiger partial charge in [-0.15, -0.1) is 0 Å². The molecule has 2 heterocycles. The van der Waals surface area contributed by atoms with Crippen LogP contribution in [0.1, 0.15) is 13.3 Å². The fourth-order valence-electron chi connectivity index (χ4n) is 3.76. The zero-order valence-corrected chi connectivity index (χ0v) is 16.4. The van der Waals surface area contributed by atoms with Gasteiger partial charge in [0.05, 0.1) is 6.61 Å². The van der Waals surface area contributed by atoms with Gasteiger partial charge in [0.2, 0.25) is 0 Å². The molecule has 1 unspecified atom stereocenters. The van der Waals surface area contributed by atoms with Gasteiger partial charge in [0.25, 0.3) is 0 Å². The maximum Gasteiger partial charge on any atom is 0.409 e. The summed E-state index contributed by atoms with van der Waals surface area (Å²) in [5.41, 5.74) is 1.31. The molecular weight excluding hydrogens is 342 g/mol. The minimum absolute atomic E-state index is 0.216. The Bertz CT molecular complexity index is 629. The van der Waals surface area contributed by atoms with Crippen LogP contribution in [0.2, 0.25) is 0 Å². The topological polar surface area (TPSA) is 60.4 Å². The molecule has 2 saturated heterocycles. The monoisotopic (exact) mass is 373 g/mol. The Kier molecular flexibility index (Phi) is 6.79. The number of amides is 1. The number of carbonyl (C=O) groups excluding carboxylic acids is 1. The highest BCUT2D eigenvalue weighted by molar-refractivity contribution is 5.80. The number of hydrogen-bond donors (Lipinski definition) is 1. The molecule has 1 aromatic carbocycles. The maximum atomic E-state index is 11.8. The molecule has 1 aromatic rings. The predicted octanol–water partition coefficient (Wildman–Crippen LogP) is 1.86. The number of carbonyl (C=O) groups is 1. The van der Waals surface area contributed by atoms with Crippen LogP contribution >= 0.6 is 0 Å². The predicted molar refractivity (Wildman–Crippen MR) is 108 cm³/mol. The molecule has 0 spiro atoms. The minimum Gasteiger partial charge on any atom is -0.450 e. The molecule has 27 heavy (non-hydrogen) atoms. The van der Waals surface area contributed by atoms with Gasteiger partial charge in [0.15, 0.2) is 5.96 Å². The molecule has 1 atom stereocenters. The van der Waals surface area contributed by atoms with E-state index in [9.17, 15) is 4.79 Å².